The summed E-state index contributed by atoms with van der Waals surface area (Å²) in [5.74, 6) is 7.11. The second kappa shape index (κ2) is 8.09. The van der Waals surface area contributed by atoms with E-state index in [0.717, 1.165) is 34.8 Å². The average molecular weight is 333 g/mol. The van der Waals surface area contributed by atoms with Crippen molar-refractivity contribution in [2.45, 2.75) is 44.6 Å². The highest BCUT2D eigenvalue weighted by atomic mass is 14.6. The van der Waals surface area contributed by atoms with Gasteiger partial charge in [-0.1, -0.05) is 17.9 Å². The summed E-state index contributed by atoms with van der Waals surface area (Å²) in [6.07, 6.45) is 7.18. The minimum absolute atomic E-state index is 0.422. The van der Waals surface area contributed by atoms with Gasteiger partial charge in [-0.3, -0.25) is 0 Å². The fourth-order valence-electron chi connectivity index (χ4n) is 3.44. The predicted octanol–water partition coefficient (Wildman–Crippen LogP) is 3.70. The maximum Gasteiger partial charge on any atom is 0.0478 e. The third-order valence-electron chi connectivity index (χ3n) is 5.10. The van der Waals surface area contributed by atoms with Gasteiger partial charge in [-0.15, -0.1) is 0 Å². The molecule has 1 aliphatic rings. The van der Waals surface area contributed by atoms with Crippen LogP contribution < -0.4 is 17.2 Å². The lowest BCUT2D eigenvalue weighted by molar-refractivity contribution is 0.311. The van der Waals surface area contributed by atoms with E-state index in [1.54, 1.807) is 0 Å². The molecule has 0 heterocycles. The van der Waals surface area contributed by atoms with Gasteiger partial charge in [-0.05, 0) is 86.4 Å². The molecule has 0 saturated heterocycles. The Kier molecular flexibility index (Phi) is 5.63. The maximum atomic E-state index is 6.20. The Bertz CT molecular complexity index is 760. The molecule has 2 aromatic carbocycles. The van der Waals surface area contributed by atoms with Gasteiger partial charge < -0.3 is 17.2 Å². The van der Waals surface area contributed by atoms with Crippen LogP contribution >= 0.6 is 0 Å². The van der Waals surface area contributed by atoms with Crippen molar-refractivity contribution in [3.8, 4) is 11.8 Å². The molecule has 3 rings (SSSR count). The topological polar surface area (TPSA) is 78.1 Å². The summed E-state index contributed by atoms with van der Waals surface area (Å²) in [6, 6.07) is 14.2. The van der Waals surface area contributed by atoms with Gasteiger partial charge in [-0.25, -0.2) is 0 Å². The van der Waals surface area contributed by atoms with Gasteiger partial charge in [0.1, 0.15) is 0 Å². The molecule has 0 aromatic heterocycles. The van der Waals surface area contributed by atoms with Gasteiger partial charge in [-0.2, -0.15) is 0 Å². The van der Waals surface area contributed by atoms with Crippen LogP contribution in [0.15, 0.2) is 42.5 Å². The second-order valence-corrected chi connectivity index (χ2v) is 7.11. The Labute approximate surface area is 150 Å². The number of rotatable bonds is 3. The van der Waals surface area contributed by atoms with Gasteiger partial charge in [0.25, 0.3) is 0 Å². The van der Waals surface area contributed by atoms with E-state index in [9.17, 15) is 0 Å². The Hall–Kier alpha value is -2.44. The van der Waals surface area contributed by atoms with Gasteiger partial charge in [0.2, 0.25) is 0 Å². The smallest absolute Gasteiger partial charge is 0.0478 e. The van der Waals surface area contributed by atoms with Crippen molar-refractivity contribution >= 4 is 11.4 Å². The molecule has 0 aliphatic heterocycles. The Balaban J connectivity index is 1.60. The van der Waals surface area contributed by atoms with Crippen molar-refractivity contribution in [2.75, 3.05) is 11.5 Å². The van der Waals surface area contributed by atoms with Crippen LogP contribution in [0.1, 0.15) is 48.8 Å². The molecule has 1 aliphatic carbocycles. The summed E-state index contributed by atoms with van der Waals surface area (Å²) in [4.78, 5) is 0. The van der Waals surface area contributed by atoms with Gasteiger partial charge in [0, 0.05) is 28.5 Å². The normalized spacial score (nSPS) is 19.9. The molecule has 6 N–H and O–H groups in total. The minimum atomic E-state index is 0.422. The lowest BCUT2D eigenvalue weighted by Crippen LogP contribution is -2.26. The van der Waals surface area contributed by atoms with Crippen LogP contribution in [0.4, 0.5) is 11.4 Å². The molecule has 0 radical (unpaired) electrons. The number of benzene rings is 2. The van der Waals surface area contributed by atoms with Crippen molar-refractivity contribution in [3.05, 3.63) is 59.2 Å². The first-order chi connectivity index (χ1) is 12.1. The highest BCUT2D eigenvalue weighted by Gasteiger charge is 2.18. The number of hydrogen-bond acceptors (Lipinski definition) is 3. The number of anilines is 2. The van der Waals surface area contributed by atoms with E-state index >= 15 is 0 Å². The van der Waals surface area contributed by atoms with Crippen LogP contribution in [0.5, 0.6) is 0 Å². The maximum absolute atomic E-state index is 6.20. The third kappa shape index (κ3) is 5.01. The summed E-state index contributed by atoms with van der Waals surface area (Å²) in [5, 5.41) is 0. The molecular weight excluding hydrogens is 306 g/mol. The predicted molar refractivity (Wildman–Crippen MR) is 106 cm³/mol. The van der Waals surface area contributed by atoms with E-state index in [-0.39, 0.29) is 0 Å². The zero-order valence-electron chi connectivity index (χ0n) is 14.7. The van der Waals surface area contributed by atoms with Crippen molar-refractivity contribution in [1.29, 1.82) is 0 Å². The molecule has 0 amide bonds. The van der Waals surface area contributed by atoms with Gasteiger partial charge >= 0.3 is 0 Å². The molecule has 0 atom stereocenters. The monoisotopic (exact) mass is 333 g/mol. The van der Waals surface area contributed by atoms with Gasteiger partial charge in [0.05, 0.1) is 0 Å². The molecule has 1 saturated carbocycles. The molecule has 3 nitrogen and oxygen atoms in total. The van der Waals surface area contributed by atoms with Crippen molar-refractivity contribution in [1.82, 2.24) is 0 Å². The van der Waals surface area contributed by atoms with Gasteiger partial charge in [0.15, 0.2) is 0 Å². The van der Waals surface area contributed by atoms with E-state index in [4.69, 9.17) is 17.2 Å². The fourth-order valence-corrected chi connectivity index (χ4v) is 3.44. The molecular formula is C22H27N3. The average Bonchev–Trinajstić information content (AvgIpc) is 2.62. The molecule has 1 fully saturated rings. The molecule has 3 heteroatoms. The molecule has 0 spiro atoms. The quantitative estimate of drug-likeness (QED) is 0.592. The fraction of sp³-hybridized carbons (Fsp3) is 0.364. The van der Waals surface area contributed by atoms with Crippen molar-refractivity contribution in [2.24, 2.45) is 11.7 Å². The summed E-state index contributed by atoms with van der Waals surface area (Å²) in [7, 11) is 0. The molecule has 130 valence electrons. The standard InChI is InChI=1S/C22H27N3/c23-20-11-5-16(6-12-20)1-2-18-4-10-19(22(25)15-18)9-3-17-7-13-21(24)14-8-17/h4,7-8,10,13-16,20H,1-2,5-6,11-12,23-25H2. The minimum Gasteiger partial charge on any atom is -0.399 e. The first kappa shape index (κ1) is 17.4. The molecule has 2 aromatic rings. The SMILES string of the molecule is Nc1ccc(C#Cc2ccc(CCC3CCC(N)CC3)cc2N)cc1. The summed E-state index contributed by atoms with van der Waals surface area (Å²) >= 11 is 0. The lowest BCUT2D eigenvalue weighted by Gasteiger charge is -2.26. The first-order valence-corrected chi connectivity index (χ1v) is 9.11. The van der Waals surface area contributed by atoms with Crippen molar-refractivity contribution < 1.29 is 0 Å². The van der Waals surface area contributed by atoms with Crippen LogP contribution in [0.2, 0.25) is 0 Å². The van der Waals surface area contributed by atoms with Crippen LogP contribution in [-0.4, -0.2) is 6.04 Å². The second-order valence-electron chi connectivity index (χ2n) is 7.11. The lowest BCUT2D eigenvalue weighted by atomic mass is 9.83. The van der Waals surface area contributed by atoms with E-state index in [0.29, 0.717) is 6.04 Å². The zero-order valence-corrected chi connectivity index (χ0v) is 14.7. The third-order valence-corrected chi connectivity index (χ3v) is 5.10. The van der Waals surface area contributed by atoms with Crippen molar-refractivity contribution in [3.63, 3.8) is 0 Å². The van der Waals surface area contributed by atoms with Crippen LogP contribution in [0, 0.1) is 17.8 Å². The van der Waals surface area contributed by atoms with E-state index < -0.39 is 0 Å². The van der Waals surface area contributed by atoms with E-state index in [1.165, 1.54) is 37.7 Å². The highest BCUT2D eigenvalue weighted by Crippen LogP contribution is 2.27. The Morgan fingerprint density at radius 2 is 1.60 bits per heavy atom. The van der Waals surface area contributed by atoms with E-state index in [1.807, 2.05) is 30.3 Å². The number of nitrogens with two attached hydrogens (primary N) is 3. The molecule has 0 bridgehead atoms. The van der Waals surface area contributed by atoms with Crippen LogP contribution in [-0.2, 0) is 6.42 Å². The largest absolute Gasteiger partial charge is 0.399 e. The summed E-state index contributed by atoms with van der Waals surface area (Å²) < 4.78 is 0. The Morgan fingerprint density at radius 1 is 0.880 bits per heavy atom. The summed E-state index contributed by atoms with van der Waals surface area (Å²) in [5.41, 5.74) is 22.5. The zero-order chi connectivity index (χ0) is 17.6. The number of aryl methyl sites for hydroxylation is 1. The van der Waals surface area contributed by atoms with Crippen LogP contribution in [0.25, 0.3) is 0 Å². The first-order valence-electron chi connectivity index (χ1n) is 9.11. The highest BCUT2D eigenvalue weighted by molar-refractivity contribution is 5.59. The number of nitrogen functional groups attached to an aromatic ring is 2. The Morgan fingerprint density at radius 3 is 2.28 bits per heavy atom. The molecule has 25 heavy (non-hydrogen) atoms. The molecule has 0 unspecified atom stereocenters. The number of hydrogen-bond donors (Lipinski definition) is 3. The van der Waals surface area contributed by atoms with E-state index in [2.05, 4.69) is 24.0 Å². The van der Waals surface area contributed by atoms with Crippen LogP contribution in [0.3, 0.4) is 0 Å². The summed E-state index contributed by atoms with van der Waals surface area (Å²) in [6.45, 7) is 0.